The molecule has 5 nitrogen and oxygen atoms in total. The molecule has 1 aliphatic carbocycles. The number of piperidine rings is 1. The second-order valence-electron chi connectivity index (χ2n) is 7.89. The standard InChI is InChI=1S/C17H30N2O3/c1-17(2,3)16(21)18-14-8-13(15(20)22-4)10-19(11-14)9-12-6-5-7-12/h12-14H,5-11H2,1-4H3,(H,18,21). The Hall–Kier alpha value is -1.10. The average Bonchev–Trinajstić information content (AvgIpc) is 2.40. The number of amides is 1. The normalized spacial score (nSPS) is 27.1. The first kappa shape index (κ1) is 17.3. The minimum Gasteiger partial charge on any atom is -0.469 e. The fraction of sp³-hybridized carbons (Fsp3) is 0.882. The molecule has 2 unspecified atom stereocenters. The van der Waals surface area contributed by atoms with Gasteiger partial charge in [-0.3, -0.25) is 9.59 Å². The second-order valence-corrected chi connectivity index (χ2v) is 7.89. The molecule has 0 spiro atoms. The van der Waals surface area contributed by atoms with Gasteiger partial charge < -0.3 is 15.0 Å². The molecule has 2 fully saturated rings. The third-order valence-electron chi connectivity index (χ3n) is 4.82. The SMILES string of the molecule is COC(=O)C1CC(NC(=O)C(C)(C)C)CN(CC2CCC2)C1. The van der Waals surface area contributed by atoms with E-state index in [1.165, 1.54) is 26.4 Å². The smallest absolute Gasteiger partial charge is 0.310 e. The summed E-state index contributed by atoms with van der Waals surface area (Å²) in [5.74, 6) is 0.513. The van der Waals surface area contributed by atoms with Crippen LogP contribution in [-0.4, -0.2) is 49.6 Å². The third kappa shape index (κ3) is 4.45. The predicted octanol–water partition coefficient (Wildman–Crippen LogP) is 1.81. The van der Waals surface area contributed by atoms with E-state index in [4.69, 9.17) is 4.74 Å². The molecule has 0 aromatic carbocycles. The van der Waals surface area contributed by atoms with Gasteiger partial charge in [-0.25, -0.2) is 0 Å². The Kier molecular flexibility index (Phi) is 5.48. The summed E-state index contributed by atoms with van der Waals surface area (Å²) in [4.78, 5) is 26.5. The Labute approximate surface area is 133 Å². The first-order valence-electron chi connectivity index (χ1n) is 8.40. The molecule has 0 aromatic rings. The lowest BCUT2D eigenvalue weighted by atomic mass is 9.84. The van der Waals surface area contributed by atoms with Crippen LogP contribution in [0.3, 0.4) is 0 Å². The Morgan fingerprint density at radius 3 is 2.41 bits per heavy atom. The van der Waals surface area contributed by atoms with Crippen molar-refractivity contribution in [2.45, 2.75) is 52.5 Å². The average molecular weight is 310 g/mol. The van der Waals surface area contributed by atoms with Gasteiger partial charge in [0.05, 0.1) is 13.0 Å². The molecule has 1 N–H and O–H groups in total. The second kappa shape index (κ2) is 6.99. The van der Waals surface area contributed by atoms with Crippen LogP contribution in [-0.2, 0) is 14.3 Å². The molecule has 0 bridgehead atoms. The van der Waals surface area contributed by atoms with Crippen molar-refractivity contribution in [2.75, 3.05) is 26.7 Å². The molecule has 1 amide bonds. The number of ether oxygens (including phenoxy) is 1. The van der Waals surface area contributed by atoms with Crippen molar-refractivity contribution >= 4 is 11.9 Å². The van der Waals surface area contributed by atoms with Crippen LogP contribution in [0.4, 0.5) is 0 Å². The molecule has 1 aliphatic heterocycles. The van der Waals surface area contributed by atoms with E-state index in [1.807, 2.05) is 20.8 Å². The lowest BCUT2D eigenvalue weighted by Crippen LogP contribution is -2.55. The number of methoxy groups -OCH3 is 1. The molecule has 1 saturated carbocycles. The highest BCUT2D eigenvalue weighted by Crippen LogP contribution is 2.29. The number of likely N-dealkylation sites (tertiary alicyclic amines) is 1. The number of nitrogens with one attached hydrogen (secondary N) is 1. The molecule has 1 heterocycles. The van der Waals surface area contributed by atoms with Crippen LogP contribution in [0.5, 0.6) is 0 Å². The van der Waals surface area contributed by atoms with Gasteiger partial charge in [-0.15, -0.1) is 0 Å². The molecule has 0 aromatic heterocycles. The molecule has 0 radical (unpaired) electrons. The molecular weight excluding hydrogens is 280 g/mol. The Balaban J connectivity index is 1.97. The van der Waals surface area contributed by atoms with Crippen LogP contribution in [0.1, 0.15) is 46.5 Å². The molecule has 22 heavy (non-hydrogen) atoms. The highest BCUT2D eigenvalue weighted by Gasteiger charge is 2.35. The van der Waals surface area contributed by atoms with Gasteiger partial charge >= 0.3 is 5.97 Å². The van der Waals surface area contributed by atoms with Gasteiger partial charge in [-0.2, -0.15) is 0 Å². The van der Waals surface area contributed by atoms with Gasteiger partial charge in [-0.05, 0) is 25.2 Å². The van der Waals surface area contributed by atoms with Gasteiger partial charge in [0, 0.05) is 31.1 Å². The van der Waals surface area contributed by atoms with E-state index in [-0.39, 0.29) is 23.8 Å². The van der Waals surface area contributed by atoms with Crippen LogP contribution in [0, 0.1) is 17.3 Å². The fourth-order valence-corrected chi connectivity index (χ4v) is 3.22. The summed E-state index contributed by atoms with van der Waals surface area (Å²) in [7, 11) is 1.44. The Morgan fingerprint density at radius 2 is 1.91 bits per heavy atom. The monoisotopic (exact) mass is 310 g/mol. The summed E-state index contributed by atoms with van der Waals surface area (Å²) < 4.78 is 4.93. The van der Waals surface area contributed by atoms with Crippen molar-refractivity contribution in [2.24, 2.45) is 17.3 Å². The van der Waals surface area contributed by atoms with Gasteiger partial charge in [-0.1, -0.05) is 27.2 Å². The van der Waals surface area contributed by atoms with E-state index in [2.05, 4.69) is 10.2 Å². The van der Waals surface area contributed by atoms with E-state index in [9.17, 15) is 9.59 Å². The lowest BCUT2D eigenvalue weighted by molar-refractivity contribution is -0.148. The summed E-state index contributed by atoms with van der Waals surface area (Å²) in [5.41, 5.74) is -0.406. The molecule has 5 heteroatoms. The summed E-state index contributed by atoms with van der Waals surface area (Å²) in [6.45, 7) is 8.37. The summed E-state index contributed by atoms with van der Waals surface area (Å²) in [5, 5.41) is 3.12. The highest BCUT2D eigenvalue weighted by molar-refractivity contribution is 5.81. The molecular formula is C17H30N2O3. The predicted molar refractivity (Wildman–Crippen MR) is 85.3 cm³/mol. The Morgan fingerprint density at radius 1 is 1.23 bits per heavy atom. The van der Waals surface area contributed by atoms with E-state index in [0.29, 0.717) is 6.42 Å². The molecule has 2 aliphatic rings. The first-order chi connectivity index (χ1) is 10.3. The molecule has 126 valence electrons. The van der Waals surface area contributed by atoms with Gasteiger partial charge in [0.1, 0.15) is 0 Å². The zero-order chi connectivity index (χ0) is 16.3. The van der Waals surface area contributed by atoms with Gasteiger partial charge in [0.25, 0.3) is 0 Å². The van der Waals surface area contributed by atoms with Crippen molar-refractivity contribution in [3.05, 3.63) is 0 Å². The van der Waals surface area contributed by atoms with Crippen molar-refractivity contribution in [3.8, 4) is 0 Å². The largest absolute Gasteiger partial charge is 0.469 e. The van der Waals surface area contributed by atoms with E-state index in [0.717, 1.165) is 25.6 Å². The van der Waals surface area contributed by atoms with Crippen LogP contribution in [0.15, 0.2) is 0 Å². The Bertz CT molecular complexity index is 413. The maximum atomic E-state index is 12.2. The fourth-order valence-electron chi connectivity index (χ4n) is 3.22. The van der Waals surface area contributed by atoms with E-state index < -0.39 is 5.41 Å². The first-order valence-corrected chi connectivity index (χ1v) is 8.40. The quantitative estimate of drug-likeness (QED) is 0.805. The number of esters is 1. The lowest BCUT2D eigenvalue weighted by Gasteiger charge is -2.40. The number of carbonyl (C=O) groups excluding carboxylic acids is 2. The third-order valence-corrected chi connectivity index (χ3v) is 4.82. The van der Waals surface area contributed by atoms with Crippen molar-refractivity contribution in [1.82, 2.24) is 10.2 Å². The topological polar surface area (TPSA) is 58.6 Å². The van der Waals surface area contributed by atoms with Crippen LogP contribution < -0.4 is 5.32 Å². The number of carbonyl (C=O) groups is 2. The van der Waals surface area contributed by atoms with Crippen molar-refractivity contribution in [1.29, 1.82) is 0 Å². The van der Waals surface area contributed by atoms with Crippen LogP contribution >= 0.6 is 0 Å². The number of rotatable bonds is 4. The molecule has 2 atom stereocenters. The van der Waals surface area contributed by atoms with Gasteiger partial charge in [0.2, 0.25) is 5.91 Å². The van der Waals surface area contributed by atoms with Gasteiger partial charge in [0.15, 0.2) is 0 Å². The van der Waals surface area contributed by atoms with E-state index in [1.54, 1.807) is 0 Å². The molecule has 2 rings (SSSR count). The summed E-state index contributed by atoms with van der Waals surface area (Å²) in [6, 6.07) is 0.0321. The maximum Gasteiger partial charge on any atom is 0.310 e. The summed E-state index contributed by atoms with van der Waals surface area (Å²) in [6.07, 6.45) is 4.58. The number of hydrogen-bond acceptors (Lipinski definition) is 4. The molecule has 1 saturated heterocycles. The highest BCUT2D eigenvalue weighted by atomic mass is 16.5. The van der Waals surface area contributed by atoms with E-state index >= 15 is 0 Å². The zero-order valence-corrected chi connectivity index (χ0v) is 14.4. The van der Waals surface area contributed by atoms with Crippen LogP contribution in [0.25, 0.3) is 0 Å². The van der Waals surface area contributed by atoms with Crippen LogP contribution in [0.2, 0.25) is 0 Å². The summed E-state index contributed by atoms with van der Waals surface area (Å²) >= 11 is 0. The maximum absolute atomic E-state index is 12.2. The van der Waals surface area contributed by atoms with Crippen molar-refractivity contribution < 1.29 is 14.3 Å². The zero-order valence-electron chi connectivity index (χ0n) is 14.4. The minimum atomic E-state index is -0.406. The number of hydrogen-bond donors (Lipinski definition) is 1. The van der Waals surface area contributed by atoms with Crippen molar-refractivity contribution in [3.63, 3.8) is 0 Å². The number of nitrogens with zero attached hydrogens (tertiary/aromatic N) is 1. The minimum absolute atomic E-state index is 0.0321.